The standard InChI is InChI=1S/C15H24N2O2S/c1-4-17(11(2)3)9-12(18)10-19-14-8-6-5-7-13(14)15(16)20/h5-8,11-12,18H,4,9-10H2,1-3H3,(H2,16,20). The van der Waals surface area contributed by atoms with E-state index in [1.54, 1.807) is 6.07 Å². The highest BCUT2D eigenvalue weighted by Gasteiger charge is 2.14. The van der Waals surface area contributed by atoms with Crippen LogP contribution in [0.15, 0.2) is 24.3 Å². The lowest BCUT2D eigenvalue weighted by molar-refractivity contribution is 0.0597. The Morgan fingerprint density at radius 3 is 2.60 bits per heavy atom. The smallest absolute Gasteiger partial charge is 0.129 e. The van der Waals surface area contributed by atoms with Crippen LogP contribution >= 0.6 is 12.2 Å². The van der Waals surface area contributed by atoms with Crippen molar-refractivity contribution in [2.75, 3.05) is 19.7 Å². The zero-order valence-corrected chi connectivity index (χ0v) is 13.2. The molecule has 4 nitrogen and oxygen atoms in total. The summed E-state index contributed by atoms with van der Waals surface area (Å²) in [6.45, 7) is 8.01. The normalized spacial score (nSPS) is 12.7. The predicted molar refractivity (Wildman–Crippen MR) is 86.2 cm³/mol. The van der Waals surface area contributed by atoms with Crippen molar-refractivity contribution in [3.63, 3.8) is 0 Å². The van der Waals surface area contributed by atoms with E-state index in [4.69, 9.17) is 22.7 Å². The van der Waals surface area contributed by atoms with Gasteiger partial charge < -0.3 is 15.6 Å². The summed E-state index contributed by atoms with van der Waals surface area (Å²) in [6.07, 6.45) is -0.545. The largest absolute Gasteiger partial charge is 0.490 e. The van der Waals surface area contributed by atoms with Crippen LogP contribution in [0.2, 0.25) is 0 Å². The molecule has 0 bridgehead atoms. The summed E-state index contributed by atoms with van der Waals surface area (Å²) in [7, 11) is 0. The molecule has 0 aliphatic heterocycles. The van der Waals surface area contributed by atoms with Gasteiger partial charge in [0.15, 0.2) is 0 Å². The number of para-hydroxylation sites is 1. The van der Waals surface area contributed by atoms with Gasteiger partial charge in [0.25, 0.3) is 0 Å². The van der Waals surface area contributed by atoms with Crippen molar-refractivity contribution in [2.45, 2.75) is 32.9 Å². The first-order valence-electron chi connectivity index (χ1n) is 6.89. The molecule has 20 heavy (non-hydrogen) atoms. The predicted octanol–water partition coefficient (Wildman–Crippen LogP) is 1.79. The molecule has 0 saturated carbocycles. The van der Waals surface area contributed by atoms with Gasteiger partial charge in [-0.25, -0.2) is 0 Å². The summed E-state index contributed by atoms with van der Waals surface area (Å²) in [5.74, 6) is 0.617. The minimum Gasteiger partial charge on any atom is -0.490 e. The number of likely N-dealkylation sites (N-methyl/N-ethyl adjacent to an activating group) is 1. The minimum atomic E-state index is -0.545. The van der Waals surface area contributed by atoms with Crippen LogP contribution in [0.25, 0.3) is 0 Å². The van der Waals surface area contributed by atoms with Crippen LogP contribution in [0, 0.1) is 0 Å². The molecule has 5 heteroatoms. The molecule has 0 radical (unpaired) electrons. The molecule has 0 amide bonds. The van der Waals surface area contributed by atoms with E-state index in [0.717, 1.165) is 6.54 Å². The molecule has 0 aromatic heterocycles. The lowest BCUT2D eigenvalue weighted by Gasteiger charge is -2.27. The monoisotopic (exact) mass is 296 g/mol. The maximum absolute atomic E-state index is 10.1. The molecule has 3 N–H and O–H groups in total. The summed E-state index contributed by atoms with van der Waals surface area (Å²) in [5.41, 5.74) is 6.34. The average Bonchev–Trinajstić information content (AvgIpc) is 2.42. The van der Waals surface area contributed by atoms with E-state index in [1.807, 2.05) is 18.2 Å². The molecule has 1 rings (SSSR count). The van der Waals surface area contributed by atoms with E-state index in [2.05, 4.69) is 25.7 Å². The SMILES string of the molecule is CCN(CC(O)COc1ccccc1C(N)=S)C(C)C. The highest BCUT2D eigenvalue weighted by atomic mass is 32.1. The second-order valence-electron chi connectivity index (χ2n) is 5.01. The third kappa shape index (κ3) is 5.07. The summed E-state index contributed by atoms with van der Waals surface area (Å²) < 4.78 is 5.64. The van der Waals surface area contributed by atoms with Crippen LogP contribution in [-0.2, 0) is 0 Å². The van der Waals surface area contributed by atoms with Crippen molar-refractivity contribution in [1.82, 2.24) is 4.90 Å². The highest BCUT2D eigenvalue weighted by molar-refractivity contribution is 7.80. The molecule has 0 fully saturated rings. The third-order valence-corrected chi connectivity index (χ3v) is 3.39. The van der Waals surface area contributed by atoms with Crippen LogP contribution < -0.4 is 10.5 Å². The number of aliphatic hydroxyl groups excluding tert-OH is 1. The van der Waals surface area contributed by atoms with Gasteiger partial charge in [0.1, 0.15) is 23.4 Å². The third-order valence-electron chi connectivity index (χ3n) is 3.17. The van der Waals surface area contributed by atoms with Crippen molar-refractivity contribution in [3.05, 3.63) is 29.8 Å². The van der Waals surface area contributed by atoms with Crippen molar-refractivity contribution in [1.29, 1.82) is 0 Å². The van der Waals surface area contributed by atoms with Crippen molar-refractivity contribution >= 4 is 17.2 Å². The Morgan fingerprint density at radius 1 is 1.40 bits per heavy atom. The van der Waals surface area contributed by atoms with Crippen LogP contribution in [0.3, 0.4) is 0 Å². The molecule has 1 unspecified atom stereocenters. The Bertz CT molecular complexity index is 438. The van der Waals surface area contributed by atoms with Crippen molar-refractivity contribution < 1.29 is 9.84 Å². The second-order valence-corrected chi connectivity index (χ2v) is 5.45. The Hall–Kier alpha value is -1.17. The summed E-state index contributed by atoms with van der Waals surface area (Å²) in [4.78, 5) is 2.49. The fraction of sp³-hybridized carbons (Fsp3) is 0.533. The zero-order chi connectivity index (χ0) is 15.1. The number of nitrogens with zero attached hydrogens (tertiary/aromatic N) is 1. The highest BCUT2D eigenvalue weighted by Crippen LogP contribution is 2.18. The first-order chi connectivity index (χ1) is 9.45. The number of nitrogens with two attached hydrogens (primary N) is 1. The Morgan fingerprint density at radius 2 is 2.05 bits per heavy atom. The lowest BCUT2D eigenvalue weighted by Crippen LogP contribution is -2.39. The fourth-order valence-electron chi connectivity index (χ4n) is 2.01. The minimum absolute atomic E-state index is 0.225. The molecule has 0 aliphatic rings. The molecule has 0 heterocycles. The Balaban J connectivity index is 2.57. The molecule has 1 aromatic carbocycles. The molecule has 1 atom stereocenters. The molecule has 1 aromatic rings. The number of aliphatic hydroxyl groups is 1. The molecule has 0 spiro atoms. The summed E-state index contributed by atoms with van der Waals surface area (Å²) >= 11 is 4.98. The van der Waals surface area contributed by atoms with Gasteiger partial charge in [0.05, 0.1) is 5.56 Å². The van der Waals surface area contributed by atoms with Gasteiger partial charge in [-0.1, -0.05) is 31.3 Å². The van der Waals surface area contributed by atoms with Crippen LogP contribution in [0.5, 0.6) is 5.75 Å². The van der Waals surface area contributed by atoms with E-state index in [0.29, 0.717) is 28.9 Å². The molecular formula is C15H24N2O2S. The van der Waals surface area contributed by atoms with E-state index < -0.39 is 6.10 Å². The molecule has 0 aliphatic carbocycles. The number of hydrogen-bond donors (Lipinski definition) is 2. The van der Waals surface area contributed by atoms with E-state index >= 15 is 0 Å². The number of ether oxygens (including phenoxy) is 1. The van der Waals surface area contributed by atoms with Gasteiger partial charge in [0.2, 0.25) is 0 Å². The van der Waals surface area contributed by atoms with E-state index in [1.165, 1.54) is 0 Å². The van der Waals surface area contributed by atoms with Crippen molar-refractivity contribution in [2.24, 2.45) is 5.73 Å². The van der Waals surface area contributed by atoms with E-state index in [-0.39, 0.29) is 6.61 Å². The topological polar surface area (TPSA) is 58.7 Å². The zero-order valence-electron chi connectivity index (χ0n) is 12.4. The maximum Gasteiger partial charge on any atom is 0.129 e. The Kier molecular flexibility index (Phi) is 6.91. The molecular weight excluding hydrogens is 272 g/mol. The summed E-state index contributed by atoms with van der Waals surface area (Å²) in [6, 6.07) is 7.74. The van der Waals surface area contributed by atoms with Gasteiger partial charge in [-0.3, -0.25) is 4.90 Å². The molecule has 0 saturated heterocycles. The lowest BCUT2D eigenvalue weighted by atomic mass is 10.2. The number of rotatable bonds is 8. The fourth-order valence-corrected chi connectivity index (χ4v) is 2.18. The van der Waals surface area contributed by atoms with Gasteiger partial charge in [0, 0.05) is 12.6 Å². The summed E-state index contributed by atoms with van der Waals surface area (Å²) in [5, 5.41) is 10.1. The first-order valence-corrected chi connectivity index (χ1v) is 7.30. The second kappa shape index (κ2) is 8.19. The maximum atomic E-state index is 10.1. The number of hydrogen-bond acceptors (Lipinski definition) is 4. The van der Waals surface area contributed by atoms with Gasteiger partial charge in [-0.15, -0.1) is 0 Å². The van der Waals surface area contributed by atoms with Gasteiger partial charge in [-0.2, -0.15) is 0 Å². The van der Waals surface area contributed by atoms with Crippen LogP contribution in [0.1, 0.15) is 26.3 Å². The Labute approximate surface area is 126 Å². The van der Waals surface area contributed by atoms with Crippen molar-refractivity contribution in [3.8, 4) is 5.75 Å². The van der Waals surface area contributed by atoms with Crippen LogP contribution in [-0.4, -0.2) is 46.8 Å². The molecule has 112 valence electrons. The van der Waals surface area contributed by atoms with Gasteiger partial charge in [-0.05, 0) is 32.5 Å². The first kappa shape index (κ1) is 16.9. The number of benzene rings is 1. The number of thiocarbonyl (C=S) groups is 1. The van der Waals surface area contributed by atoms with Gasteiger partial charge >= 0.3 is 0 Å². The van der Waals surface area contributed by atoms with Crippen LogP contribution in [0.4, 0.5) is 0 Å². The average molecular weight is 296 g/mol. The van der Waals surface area contributed by atoms with E-state index in [9.17, 15) is 5.11 Å². The quantitative estimate of drug-likeness (QED) is 0.716.